The molecule has 0 saturated carbocycles. The first-order valence-electron chi connectivity index (χ1n) is 9.01. The number of pyridine rings is 1. The minimum absolute atomic E-state index is 0.289. The maximum atomic E-state index is 13.3. The molecule has 0 aliphatic carbocycles. The summed E-state index contributed by atoms with van der Waals surface area (Å²) >= 11 is 0. The Morgan fingerprint density at radius 1 is 0.897 bits per heavy atom. The van der Waals surface area contributed by atoms with E-state index >= 15 is 0 Å². The number of hydrogen-bond donors (Lipinski definition) is 0. The number of aromatic nitrogens is 4. The molecule has 0 saturated heterocycles. The molecule has 138 valence electrons. The highest BCUT2D eigenvalue weighted by Gasteiger charge is 2.13. The average molecular weight is 379 g/mol. The van der Waals surface area contributed by atoms with E-state index in [1.54, 1.807) is 35.3 Å². The van der Waals surface area contributed by atoms with E-state index in [0.717, 1.165) is 33.8 Å². The smallest absolute Gasteiger partial charge is 0.137 e. The van der Waals surface area contributed by atoms with Gasteiger partial charge in [-0.1, -0.05) is 18.2 Å². The summed E-state index contributed by atoms with van der Waals surface area (Å²) in [6.45, 7) is 0. The van der Waals surface area contributed by atoms with Gasteiger partial charge in [-0.25, -0.2) is 14.1 Å². The van der Waals surface area contributed by atoms with Gasteiger partial charge in [0.1, 0.15) is 11.5 Å². The Balaban J connectivity index is 1.67. The van der Waals surface area contributed by atoms with E-state index < -0.39 is 0 Å². The Morgan fingerprint density at radius 2 is 1.72 bits per heavy atom. The zero-order valence-electron chi connectivity index (χ0n) is 15.2. The summed E-state index contributed by atoms with van der Waals surface area (Å²) in [6.07, 6.45) is 5.46. The second-order valence-corrected chi connectivity index (χ2v) is 6.55. The molecule has 0 atom stereocenters. The van der Waals surface area contributed by atoms with Crippen molar-refractivity contribution < 1.29 is 4.39 Å². The van der Waals surface area contributed by atoms with Crippen molar-refractivity contribution in [2.75, 3.05) is 0 Å². The average Bonchev–Trinajstić information content (AvgIpc) is 3.41. The highest BCUT2D eigenvalue weighted by atomic mass is 19.1. The van der Waals surface area contributed by atoms with Gasteiger partial charge in [0.25, 0.3) is 0 Å². The third-order valence-corrected chi connectivity index (χ3v) is 4.84. The van der Waals surface area contributed by atoms with E-state index in [1.807, 2.05) is 47.0 Å². The number of benzene rings is 2. The number of nitriles is 1. The largest absolute Gasteiger partial charge is 0.299 e. The predicted molar refractivity (Wildman–Crippen MR) is 108 cm³/mol. The quantitative estimate of drug-likeness (QED) is 0.450. The molecule has 6 heteroatoms. The van der Waals surface area contributed by atoms with Crippen LogP contribution >= 0.6 is 0 Å². The second-order valence-electron chi connectivity index (χ2n) is 6.55. The van der Waals surface area contributed by atoms with Crippen LogP contribution in [0.3, 0.4) is 0 Å². The van der Waals surface area contributed by atoms with Gasteiger partial charge in [-0.15, -0.1) is 0 Å². The lowest BCUT2D eigenvalue weighted by atomic mass is 10.1. The zero-order chi connectivity index (χ0) is 19.8. The molecule has 5 aromatic rings. The molecule has 0 amide bonds. The first-order valence-corrected chi connectivity index (χ1v) is 9.01. The highest BCUT2D eigenvalue weighted by molar-refractivity contribution is 5.72. The van der Waals surface area contributed by atoms with Gasteiger partial charge in [-0.05, 0) is 48.5 Å². The molecule has 0 bridgehead atoms. The van der Waals surface area contributed by atoms with Crippen molar-refractivity contribution >= 4 is 5.65 Å². The van der Waals surface area contributed by atoms with Crippen LogP contribution in [0.1, 0.15) is 5.56 Å². The van der Waals surface area contributed by atoms with Gasteiger partial charge in [0.05, 0.1) is 41.1 Å². The third kappa shape index (κ3) is 2.86. The van der Waals surface area contributed by atoms with Gasteiger partial charge < -0.3 is 0 Å². The van der Waals surface area contributed by atoms with Crippen LogP contribution in [0.15, 0.2) is 85.3 Å². The standard InChI is InChI=1S/C23H14FN5/c24-18-6-8-19(9-7-18)29-21(11-12-27-29)17-5-10-23-26-14-22(28(23)15-17)20-4-2-1-3-16(20)13-25/h1-12,14-15H. The monoisotopic (exact) mass is 379 g/mol. The lowest BCUT2D eigenvalue weighted by Crippen LogP contribution is -2.00. The van der Waals surface area contributed by atoms with E-state index in [1.165, 1.54) is 12.1 Å². The first-order chi connectivity index (χ1) is 14.2. The van der Waals surface area contributed by atoms with Gasteiger partial charge in [0, 0.05) is 17.3 Å². The Labute approximate surface area is 165 Å². The first kappa shape index (κ1) is 16.9. The number of nitrogens with zero attached hydrogens (tertiary/aromatic N) is 5. The van der Waals surface area contributed by atoms with E-state index in [-0.39, 0.29) is 5.82 Å². The van der Waals surface area contributed by atoms with Crippen LogP contribution < -0.4 is 0 Å². The molecule has 3 heterocycles. The van der Waals surface area contributed by atoms with Crippen molar-refractivity contribution in [2.24, 2.45) is 0 Å². The molecule has 0 fully saturated rings. The number of hydrogen-bond acceptors (Lipinski definition) is 3. The van der Waals surface area contributed by atoms with Crippen LogP contribution in [-0.4, -0.2) is 19.2 Å². The number of fused-ring (bicyclic) bond motifs is 1. The van der Waals surface area contributed by atoms with Gasteiger partial charge in [-0.3, -0.25) is 4.40 Å². The topological polar surface area (TPSA) is 58.9 Å². The third-order valence-electron chi connectivity index (χ3n) is 4.84. The molecule has 0 aliphatic heterocycles. The highest BCUT2D eigenvalue weighted by Crippen LogP contribution is 2.28. The molecule has 0 unspecified atom stereocenters. The van der Waals surface area contributed by atoms with Crippen molar-refractivity contribution in [2.45, 2.75) is 0 Å². The van der Waals surface area contributed by atoms with Gasteiger partial charge in [0.15, 0.2) is 0 Å². The van der Waals surface area contributed by atoms with Crippen molar-refractivity contribution in [3.63, 3.8) is 0 Å². The number of imidazole rings is 1. The maximum absolute atomic E-state index is 13.3. The molecule has 0 radical (unpaired) electrons. The van der Waals surface area contributed by atoms with Crippen LogP contribution in [0.2, 0.25) is 0 Å². The van der Waals surface area contributed by atoms with E-state index in [0.29, 0.717) is 5.56 Å². The van der Waals surface area contributed by atoms with Crippen molar-refractivity contribution in [1.29, 1.82) is 5.26 Å². The Bertz CT molecular complexity index is 1370. The Kier molecular flexibility index (Phi) is 3.92. The summed E-state index contributed by atoms with van der Waals surface area (Å²) in [4.78, 5) is 4.47. The van der Waals surface area contributed by atoms with Gasteiger partial charge >= 0.3 is 0 Å². The Morgan fingerprint density at radius 3 is 2.55 bits per heavy atom. The molecule has 5 nitrogen and oxygen atoms in total. The van der Waals surface area contributed by atoms with E-state index in [9.17, 15) is 9.65 Å². The van der Waals surface area contributed by atoms with Crippen molar-refractivity contribution in [3.05, 3.63) is 96.7 Å². The lowest BCUT2D eigenvalue weighted by molar-refractivity contribution is 0.627. The summed E-state index contributed by atoms with van der Waals surface area (Å²) in [5.74, 6) is -0.289. The second kappa shape index (κ2) is 6.73. The normalized spacial score (nSPS) is 10.9. The predicted octanol–water partition coefficient (Wildman–Crippen LogP) is 4.86. The SMILES string of the molecule is N#Cc1ccccc1-c1cnc2ccc(-c3ccnn3-c3ccc(F)cc3)cn12. The minimum atomic E-state index is -0.289. The fourth-order valence-corrected chi connectivity index (χ4v) is 3.45. The zero-order valence-corrected chi connectivity index (χ0v) is 15.2. The fraction of sp³-hybridized carbons (Fsp3) is 0. The van der Waals surface area contributed by atoms with Crippen LogP contribution in [0.5, 0.6) is 0 Å². The van der Waals surface area contributed by atoms with Crippen LogP contribution in [0.25, 0.3) is 33.8 Å². The van der Waals surface area contributed by atoms with Gasteiger partial charge in [0.2, 0.25) is 0 Å². The number of halogens is 1. The summed E-state index contributed by atoms with van der Waals surface area (Å²) in [7, 11) is 0. The van der Waals surface area contributed by atoms with E-state index in [4.69, 9.17) is 0 Å². The summed E-state index contributed by atoms with van der Waals surface area (Å²) < 4.78 is 17.0. The molecular formula is C23H14FN5. The summed E-state index contributed by atoms with van der Waals surface area (Å²) in [6, 6.07) is 21.7. The molecule has 29 heavy (non-hydrogen) atoms. The molecular weight excluding hydrogens is 365 g/mol. The summed E-state index contributed by atoms with van der Waals surface area (Å²) in [5, 5.41) is 13.9. The minimum Gasteiger partial charge on any atom is -0.299 e. The lowest BCUT2D eigenvalue weighted by Gasteiger charge is -2.10. The Hall–Kier alpha value is -4.24. The van der Waals surface area contributed by atoms with Crippen molar-refractivity contribution in [3.8, 4) is 34.3 Å². The fourth-order valence-electron chi connectivity index (χ4n) is 3.45. The molecule has 0 aliphatic rings. The van der Waals surface area contributed by atoms with Gasteiger partial charge in [-0.2, -0.15) is 10.4 Å². The van der Waals surface area contributed by atoms with Crippen LogP contribution in [0, 0.1) is 17.1 Å². The van der Waals surface area contributed by atoms with Crippen LogP contribution in [-0.2, 0) is 0 Å². The summed E-state index contributed by atoms with van der Waals surface area (Å²) in [5.41, 5.74) is 5.60. The molecule has 2 aromatic carbocycles. The molecule has 3 aromatic heterocycles. The molecule has 0 N–H and O–H groups in total. The molecule has 0 spiro atoms. The van der Waals surface area contributed by atoms with E-state index in [2.05, 4.69) is 16.2 Å². The molecule has 5 rings (SSSR count). The van der Waals surface area contributed by atoms with Crippen LogP contribution in [0.4, 0.5) is 4.39 Å². The number of rotatable bonds is 3. The maximum Gasteiger partial charge on any atom is 0.137 e. The van der Waals surface area contributed by atoms with Crippen molar-refractivity contribution in [1.82, 2.24) is 19.2 Å².